The molecule has 0 aliphatic heterocycles. The Morgan fingerprint density at radius 1 is 1.03 bits per heavy atom. The van der Waals surface area contributed by atoms with Crippen molar-refractivity contribution >= 4 is 21.6 Å². The Morgan fingerprint density at radius 3 is 2.27 bits per heavy atom. The van der Waals surface area contributed by atoms with Gasteiger partial charge in [0.15, 0.2) is 0 Å². The molecule has 2 N–H and O–H groups in total. The van der Waals surface area contributed by atoms with Gasteiger partial charge in [0.05, 0.1) is 4.90 Å². The SMILES string of the molecule is CN(C1CCC(c2ccc(CNCCCO)cc2)CC1)S(=O)(=O)c1ccc(Cl)cc1. The molecule has 0 bridgehead atoms. The lowest BCUT2D eigenvalue weighted by molar-refractivity contribution is 0.268. The number of hydrogen-bond acceptors (Lipinski definition) is 4. The molecular weight excluding hydrogens is 420 g/mol. The van der Waals surface area contributed by atoms with Gasteiger partial charge in [-0.15, -0.1) is 0 Å². The summed E-state index contributed by atoms with van der Waals surface area (Å²) < 4.78 is 27.4. The third kappa shape index (κ3) is 5.83. The molecule has 1 aliphatic carbocycles. The maximum Gasteiger partial charge on any atom is 0.243 e. The first-order valence-electron chi connectivity index (χ1n) is 10.6. The maximum absolute atomic E-state index is 12.9. The van der Waals surface area contributed by atoms with Crippen molar-refractivity contribution in [1.29, 1.82) is 0 Å². The van der Waals surface area contributed by atoms with E-state index in [2.05, 4.69) is 29.6 Å². The summed E-state index contributed by atoms with van der Waals surface area (Å²) in [5.74, 6) is 0.476. The first-order chi connectivity index (χ1) is 14.4. The Balaban J connectivity index is 1.54. The molecule has 0 aromatic heterocycles. The van der Waals surface area contributed by atoms with Crippen LogP contribution in [0.15, 0.2) is 53.4 Å². The topological polar surface area (TPSA) is 69.6 Å². The second-order valence-corrected chi connectivity index (χ2v) is 10.4. The van der Waals surface area contributed by atoms with Gasteiger partial charge in [-0.25, -0.2) is 8.42 Å². The smallest absolute Gasteiger partial charge is 0.243 e. The summed E-state index contributed by atoms with van der Waals surface area (Å²) in [6.45, 7) is 1.83. The summed E-state index contributed by atoms with van der Waals surface area (Å²) >= 11 is 5.89. The fourth-order valence-electron chi connectivity index (χ4n) is 4.09. The van der Waals surface area contributed by atoms with Gasteiger partial charge in [0.25, 0.3) is 0 Å². The third-order valence-corrected chi connectivity index (χ3v) is 8.17. The largest absolute Gasteiger partial charge is 0.396 e. The van der Waals surface area contributed by atoms with E-state index in [1.54, 1.807) is 31.3 Å². The molecule has 0 radical (unpaired) electrons. The molecule has 2 aromatic carbocycles. The minimum atomic E-state index is -3.50. The Hall–Kier alpha value is -1.44. The first kappa shape index (κ1) is 23.2. The molecule has 30 heavy (non-hydrogen) atoms. The fraction of sp³-hybridized carbons (Fsp3) is 0.478. The molecule has 2 aromatic rings. The number of benzene rings is 2. The van der Waals surface area contributed by atoms with Gasteiger partial charge in [-0.3, -0.25) is 0 Å². The minimum Gasteiger partial charge on any atom is -0.396 e. The Labute approximate surface area is 185 Å². The van der Waals surface area contributed by atoms with E-state index < -0.39 is 10.0 Å². The van der Waals surface area contributed by atoms with Crippen LogP contribution in [0.3, 0.4) is 0 Å². The van der Waals surface area contributed by atoms with Gasteiger partial charge < -0.3 is 10.4 Å². The molecule has 1 fully saturated rings. The number of nitrogens with one attached hydrogen (secondary N) is 1. The predicted molar refractivity (Wildman–Crippen MR) is 121 cm³/mol. The number of halogens is 1. The predicted octanol–water partition coefficient (Wildman–Crippen LogP) is 4.16. The van der Waals surface area contributed by atoms with E-state index in [9.17, 15) is 8.42 Å². The van der Waals surface area contributed by atoms with Crippen LogP contribution >= 0.6 is 11.6 Å². The molecule has 0 atom stereocenters. The van der Waals surface area contributed by atoms with Gasteiger partial charge >= 0.3 is 0 Å². The van der Waals surface area contributed by atoms with Crippen LogP contribution in [0.2, 0.25) is 5.02 Å². The first-order valence-corrected chi connectivity index (χ1v) is 12.4. The summed E-state index contributed by atoms with van der Waals surface area (Å²) in [6.07, 6.45) is 4.46. The zero-order chi connectivity index (χ0) is 21.6. The highest BCUT2D eigenvalue weighted by atomic mass is 35.5. The van der Waals surface area contributed by atoms with Crippen LogP contribution in [0, 0.1) is 0 Å². The van der Waals surface area contributed by atoms with Gasteiger partial charge in [-0.1, -0.05) is 35.9 Å². The standard InChI is InChI=1S/C23H31ClN2O3S/c1-26(30(28,29)23-13-9-21(24)10-14-23)22-11-7-20(8-12-22)19-5-3-18(4-6-19)17-25-15-2-16-27/h3-6,9-10,13-14,20,22,25,27H,2,7-8,11-12,15-17H2,1H3. The van der Waals surface area contributed by atoms with Gasteiger partial charge in [-0.2, -0.15) is 4.31 Å². The van der Waals surface area contributed by atoms with Crippen molar-refractivity contribution in [2.24, 2.45) is 0 Å². The number of sulfonamides is 1. The highest BCUT2D eigenvalue weighted by Gasteiger charge is 2.31. The van der Waals surface area contributed by atoms with Crippen molar-refractivity contribution in [2.75, 3.05) is 20.2 Å². The molecule has 3 rings (SSSR count). The average Bonchev–Trinajstić information content (AvgIpc) is 2.77. The molecule has 0 spiro atoms. The van der Waals surface area contributed by atoms with Crippen LogP contribution in [-0.4, -0.2) is 44.1 Å². The second kappa shape index (κ2) is 10.7. The molecule has 1 saturated carbocycles. The summed E-state index contributed by atoms with van der Waals surface area (Å²) in [7, 11) is -1.82. The zero-order valence-corrected chi connectivity index (χ0v) is 19.0. The lowest BCUT2D eigenvalue weighted by Gasteiger charge is -2.34. The van der Waals surface area contributed by atoms with Crippen molar-refractivity contribution < 1.29 is 13.5 Å². The van der Waals surface area contributed by atoms with Crippen LogP contribution in [0.25, 0.3) is 0 Å². The molecule has 7 heteroatoms. The Morgan fingerprint density at radius 2 is 1.67 bits per heavy atom. The number of rotatable bonds is 9. The van der Waals surface area contributed by atoms with Crippen molar-refractivity contribution in [3.63, 3.8) is 0 Å². The molecule has 0 heterocycles. The molecule has 0 saturated heterocycles. The zero-order valence-electron chi connectivity index (χ0n) is 17.4. The van der Waals surface area contributed by atoms with E-state index in [1.807, 2.05) is 0 Å². The van der Waals surface area contributed by atoms with Crippen LogP contribution in [0.5, 0.6) is 0 Å². The molecular formula is C23H31ClN2O3S. The van der Waals surface area contributed by atoms with E-state index >= 15 is 0 Å². The van der Waals surface area contributed by atoms with E-state index in [-0.39, 0.29) is 12.6 Å². The quantitative estimate of drug-likeness (QED) is 0.563. The maximum atomic E-state index is 12.9. The number of hydrogen-bond donors (Lipinski definition) is 2. The number of nitrogens with zero attached hydrogens (tertiary/aromatic N) is 1. The molecule has 1 aliphatic rings. The highest BCUT2D eigenvalue weighted by molar-refractivity contribution is 7.89. The Kier molecular flexibility index (Phi) is 8.31. The minimum absolute atomic E-state index is 0.0249. The summed E-state index contributed by atoms with van der Waals surface area (Å²) in [5.41, 5.74) is 2.56. The second-order valence-electron chi connectivity index (χ2n) is 7.98. The highest BCUT2D eigenvalue weighted by Crippen LogP contribution is 2.36. The Bertz CT molecular complexity index is 893. The third-order valence-electron chi connectivity index (χ3n) is 5.99. The summed E-state index contributed by atoms with van der Waals surface area (Å²) in [4.78, 5) is 0.291. The van der Waals surface area contributed by atoms with Crippen LogP contribution in [0.1, 0.15) is 49.1 Å². The van der Waals surface area contributed by atoms with Crippen molar-refractivity contribution in [1.82, 2.24) is 9.62 Å². The fourth-order valence-corrected chi connectivity index (χ4v) is 5.63. The van der Waals surface area contributed by atoms with Gasteiger partial charge in [0.1, 0.15) is 0 Å². The lowest BCUT2D eigenvalue weighted by Crippen LogP contribution is -2.39. The van der Waals surface area contributed by atoms with Crippen LogP contribution in [0.4, 0.5) is 0 Å². The molecule has 0 amide bonds. The van der Waals surface area contributed by atoms with E-state index in [0.717, 1.165) is 45.2 Å². The van der Waals surface area contributed by atoms with E-state index in [4.69, 9.17) is 16.7 Å². The normalized spacial score (nSPS) is 19.9. The van der Waals surface area contributed by atoms with Crippen LogP contribution in [-0.2, 0) is 16.6 Å². The van der Waals surface area contributed by atoms with Gasteiger partial charge in [-0.05, 0) is 80.0 Å². The molecule has 5 nitrogen and oxygen atoms in total. The lowest BCUT2D eigenvalue weighted by atomic mass is 9.81. The number of aliphatic hydroxyl groups excluding tert-OH is 1. The summed E-state index contributed by atoms with van der Waals surface area (Å²) in [5, 5.41) is 12.7. The molecule has 164 valence electrons. The van der Waals surface area contributed by atoms with Crippen LogP contribution < -0.4 is 5.32 Å². The molecule has 0 unspecified atom stereocenters. The van der Waals surface area contributed by atoms with Gasteiger partial charge in [0.2, 0.25) is 10.0 Å². The van der Waals surface area contributed by atoms with E-state index in [0.29, 0.717) is 15.8 Å². The van der Waals surface area contributed by atoms with Gasteiger partial charge in [0, 0.05) is 31.3 Å². The van der Waals surface area contributed by atoms with Crippen molar-refractivity contribution in [3.05, 3.63) is 64.7 Å². The average molecular weight is 451 g/mol. The summed E-state index contributed by atoms with van der Waals surface area (Å²) in [6, 6.07) is 15.1. The number of aliphatic hydroxyl groups is 1. The van der Waals surface area contributed by atoms with E-state index in [1.165, 1.54) is 15.4 Å². The van der Waals surface area contributed by atoms with Crippen molar-refractivity contribution in [3.8, 4) is 0 Å². The van der Waals surface area contributed by atoms with Crippen molar-refractivity contribution in [2.45, 2.75) is 55.5 Å². The monoisotopic (exact) mass is 450 g/mol.